The molecule has 3 aromatic carbocycles. The van der Waals surface area contributed by atoms with Crippen LogP contribution in [0.15, 0.2) is 109 Å². The van der Waals surface area contributed by atoms with E-state index in [0.29, 0.717) is 22.2 Å². The zero-order valence-electron chi connectivity index (χ0n) is 35.9. The van der Waals surface area contributed by atoms with Crippen molar-refractivity contribution in [3.63, 3.8) is 0 Å². The summed E-state index contributed by atoms with van der Waals surface area (Å²) < 4.78 is 84.2. The maximum absolute atomic E-state index is 14.0. The van der Waals surface area contributed by atoms with Gasteiger partial charge in [-0.05, 0) is 130 Å². The predicted octanol–water partition coefficient (Wildman–Crippen LogP) is 15.6. The molecule has 1 aliphatic heterocycles. The monoisotopic (exact) mass is 810 g/mol. The average molecular weight is 811 g/mol. The smallest absolute Gasteiger partial charge is 0.374 e. The van der Waals surface area contributed by atoms with E-state index in [1.54, 1.807) is 30.4 Å². The molecule has 312 valence electrons. The summed E-state index contributed by atoms with van der Waals surface area (Å²) in [4.78, 5) is 7.08. The molecule has 2 heterocycles. The molecule has 0 amide bonds. The van der Waals surface area contributed by atoms with Crippen LogP contribution in [-0.4, -0.2) is 18.6 Å². The molecule has 8 heteroatoms. The third kappa shape index (κ3) is 10.7. The highest BCUT2D eigenvalue weighted by molar-refractivity contribution is 5.97. The number of fused-ring (bicyclic) bond motifs is 2. The van der Waals surface area contributed by atoms with Crippen LogP contribution in [0.2, 0.25) is 0 Å². The Bertz CT molecular complexity index is 2320. The minimum absolute atomic E-state index is 0.0165. The molecular weight excluding hydrogens is 755 g/mol. The molecule has 0 bridgehead atoms. The Kier molecular flexibility index (Phi) is 12.9. The molecule has 0 fully saturated rings. The molecule has 0 N–H and O–H groups in total. The third-order valence-electron chi connectivity index (χ3n) is 11.6. The van der Waals surface area contributed by atoms with Crippen LogP contribution in [-0.2, 0) is 23.2 Å². The summed E-state index contributed by atoms with van der Waals surface area (Å²) in [5.74, 6) is 0. The van der Waals surface area contributed by atoms with E-state index >= 15 is 0 Å². The van der Waals surface area contributed by atoms with E-state index in [0.717, 1.165) is 42.7 Å². The summed E-state index contributed by atoms with van der Waals surface area (Å²) in [6.07, 6.45) is 8.78. The number of rotatable bonds is 10. The van der Waals surface area contributed by atoms with Gasteiger partial charge in [-0.25, -0.2) is 4.98 Å². The van der Waals surface area contributed by atoms with Crippen molar-refractivity contribution < 1.29 is 26.3 Å². The quantitative estimate of drug-likeness (QED) is 0.117. The van der Waals surface area contributed by atoms with E-state index in [1.165, 1.54) is 28.5 Å². The molecule has 59 heavy (non-hydrogen) atoms. The second-order valence-electron chi connectivity index (χ2n) is 18.0. The number of benzene rings is 3. The van der Waals surface area contributed by atoms with E-state index in [-0.39, 0.29) is 33.4 Å². The maximum Gasteiger partial charge on any atom is 0.416 e. The number of nitrogens with zero attached hydrogens (tertiary/aromatic N) is 2. The van der Waals surface area contributed by atoms with Crippen LogP contribution in [0.25, 0.3) is 40.3 Å². The number of halogens is 6. The fourth-order valence-corrected chi connectivity index (χ4v) is 7.21. The first kappa shape index (κ1) is 45.0. The molecule has 1 aromatic heterocycles. The van der Waals surface area contributed by atoms with E-state index in [1.807, 2.05) is 36.4 Å². The van der Waals surface area contributed by atoms with Crippen molar-refractivity contribution in [2.45, 2.75) is 98.3 Å². The highest BCUT2D eigenvalue weighted by Gasteiger charge is 2.37. The van der Waals surface area contributed by atoms with Gasteiger partial charge >= 0.3 is 12.4 Å². The molecule has 0 saturated heterocycles. The van der Waals surface area contributed by atoms with Gasteiger partial charge in [-0.15, -0.1) is 0 Å². The maximum atomic E-state index is 14.0. The van der Waals surface area contributed by atoms with Gasteiger partial charge in [-0.1, -0.05) is 122 Å². The molecule has 5 rings (SSSR count). The Morgan fingerprint density at radius 3 is 2.00 bits per heavy atom. The Hall–Kier alpha value is -5.11. The van der Waals surface area contributed by atoms with Gasteiger partial charge in [0.2, 0.25) is 0 Å². The molecule has 0 aliphatic carbocycles. The van der Waals surface area contributed by atoms with Gasteiger partial charge in [0.25, 0.3) is 0 Å². The highest BCUT2D eigenvalue weighted by atomic mass is 19.4. The lowest BCUT2D eigenvalue weighted by molar-refractivity contribution is -0.143. The largest absolute Gasteiger partial charge is 0.416 e. The van der Waals surface area contributed by atoms with Crippen molar-refractivity contribution in [2.24, 2.45) is 5.41 Å². The van der Waals surface area contributed by atoms with Crippen LogP contribution in [0.4, 0.5) is 32.0 Å². The van der Waals surface area contributed by atoms with Crippen LogP contribution in [0, 0.1) is 5.41 Å². The van der Waals surface area contributed by atoms with Crippen LogP contribution >= 0.6 is 0 Å². The fourth-order valence-electron chi connectivity index (χ4n) is 7.21. The topological polar surface area (TPSA) is 16.1 Å². The van der Waals surface area contributed by atoms with Crippen molar-refractivity contribution in [3.8, 4) is 11.1 Å². The summed E-state index contributed by atoms with van der Waals surface area (Å²) in [6, 6.07) is 13.0. The van der Waals surface area contributed by atoms with Crippen molar-refractivity contribution in [3.05, 3.63) is 148 Å². The number of anilines is 1. The minimum Gasteiger partial charge on any atom is -0.374 e. The number of alkyl halides is 6. The Balaban J connectivity index is 1.56. The van der Waals surface area contributed by atoms with Crippen LogP contribution in [0.1, 0.15) is 114 Å². The number of hydrogen-bond acceptors (Lipinski definition) is 2. The van der Waals surface area contributed by atoms with Gasteiger partial charge in [0, 0.05) is 24.7 Å². The second-order valence-corrected chi connectivity index (χ2v) is 18.0. The first-order chi connectivity index (χ1) is 27.3. The average Bonchev–Trinajstić information content (AvgIpc) is 3.15. The number of allylic oxidation sites excluding steroid dienone is 8. The van der Waals surface area contributed by atoms with Crippen LogP contribution in [0.5, 0.6) is 0 Å². The zero-order chi connectivity index (χ0) is 43.7. The highest BCUT2D eigenvalue weighted by Crippen LogP contribution is 2.46. The minimum atomic E-state index is -4.99. The standard InChI is InChI=1S/C51H56F6N2/c1-12-48(7,8)34(3)25-33(2)17-13-16-20-40-32-41(37-29-38(50(52,53)54)31-39(30-37)51(55,56)57)42-26-35(21-22-45(42)58-40)18-14-15-19-36-27-43(47(4,5)6)46-44(28-36)49(9,10)23-24-59(46)11/h13-22,25-32H,2,12,23-24H2,1,3-11H3/b17-13+,18-14+,19-15+,20-16+,34-25+. The molecular formula is C51H56F6N2. The van der Waals surface area contributed by atoms with Crippen molar-refractivity contribution >= 4 is 34.8 Å². The number of hydrogen-bond donors (Lipinski definition) is 0. The molecule has 0 unspecified atom stereocenters. The first-order valence-corrected chi connectivity index (χ1v) is 20.0. The van der Waals surface area contributed by atoms with Crippen LogP contribution < -0.4 is 4.90 Å². The summed E-state index contributed by atoms with van der Waals surface area (Å²) in [5.41, 5.74) is 5.61. The van der Waals surface area contributed by atoms with E-state index in [9.17, 15) is 26.3 Å². The van der Waals surface area contributed by atoms with E-state index in [2.05, 4.69) is 99.0 Å². The van der Waals surface area contributed by atoms with Gasteiger partial charge in [0.05, 0.1) is 22.3 Å². The summed E-state index contributed by atoms with van der Waals surface area (Å²) in [7, 11) is 2.15. The summed E-state index contributed by atoms with van der Waals surface area (Å²) in [6.45, 7) is 24.9. The van der Waals surface area contributed by atoms with E-state index in [4.69, 9.17) is 4.98 Å². The number of pyridine rings is 1. The van der Waals surface area contributed by atoms with Crippen molar-refractivity contribution in [2.75, 3.05) is 18.5 Å². The molecule has 0 saturated carbocycles. The predicted molar refractivity (Wildman–Crippen MR) is 236 cm³/mol. The zero-order valence-corrected chi connectivity index (χ0v) is 35.9. The molecule has 2 nitrogen and oxygen atoms in total. The van der Waals surface area contributed by atoms with Gasteiger partial charge in [-0.2, -0.15) is 26.3 Å². The lowest BCUT2D eigenvalue weighted by atomic mass is 9.73. The van der Waals surface area contributed by atoms with Crippen molar-refractivity contribution in [1.29, 1.82) is 0 Å². The molecule has 0 atom stereocenters. The van der Waals surface area contributed by atoms with Crippen molar-refractivity contribution in [1.82, 2.24) is 4.98 Å². The SMILES string of the molecule is C=C(/C=C/C=C/c1cc(-c2cc(C(F)(F)F)cc(C(F)(F)F)c2)c2cc(/C=C/C=C/c3cc(C(C)(C)C)c4c(c3)C(C)(C)CCN4C)ccc2n1)/C=C(\C)C(C)(C)CC. The van der Waals surface area contributed by atoms with Gasteiger partial charge in [0.15, 0.2) is 0 Å². The number of aromatic nitrogens is 1. The summed E-state index contributed by atoms with van der Waals surface area (Å²) >= 11 is 0. The third-order valence-corrected chi connectivity index (χ3v) is 11.6. The normalized spacial score (nSPS) is 15.7. The Morgan fingerprint density at radius 1 is 0.797 bits per heavy atom. The lowest BCUT2D eigenvalue weighted by Gasteiger charge is -2.42. The molecule has 0 radical (unpaired) electrons. The van der Waals surface area contributed by atoms with Gasteiger partial charge in [-0.3, -0.25) is 0 Å². The van der Waals surface area contributed by atoms with Gasteiger partial charge in [0.1, 0.15) is 0 Å². The lowest BCUT2D eigenvalue weighted by Crippen LogP contribution is -2.37. The molecule has 1 aliphatic rings. The molecule has 0 spiro atoms. The summed E-state index contributed by atoms with van der Waals surface area (Å²) in [5, 5.41) is 0.416. The fraction of sp³-hybridized carbons (Fsp3) is 0.353. The Labute approximate surface area is 346 Å². The Morgan fingerprint density at radius 2 is 1.41 bits per heavy atom. The van der Waals surface area contributed by atoms with Gasteiger partial charge < -0.3 is 4.90 Å². The first-order valence-electron chi connectivity index (χ1n) is 20.0. The second kappa shape index (κ2) is 16.9. The van der Waals surface area contributed by atoms with E-state index < -0.39 is 23.5 Å². The van der Waals surface area contributed by atoms with Crippen LogP contribution in [0.3, 0.4) is 0 Å². The molecule has 4 aromatic rings.